The molecule has 1 heterocycles. The maximum Gasteiger partial charge on any atom is 0.254 e. The summed E-state index contributed by atoms with van der Waals surface area (Å²) in [5.74, 6) is 0.113. The van der Waals surface area contributed by atoms with Crippen molar-refractivity contribution in [2.75, 3.05) is 6.54 Å². The van der Waals surface area contributed by atoms with E-state index in [1.54, 1.807) is 4.90 Å². The van der Waals surface area contributed by atoms with Crippen molar-refractivity contribution in [3.63, 3.8) is 0 Å². The Hall–Kier alpha value is -1.64. The van der Waals surface area contributed by atoms with Gasteiger partial charge in [0.2, 0.25) is 0 Å². The number of amides is 1. The lowest BCUT2D eigenvalue weighted by Gasteiger charge is -2.41. The van der Waals surface area contributed by atoms with E-state index >= 15 is 0 Å². The Morgan fingerprint density at radius 1 is 1.28 bits per heavy atom. The highest BCUT2D eigenvalue weighted by molar-refractivity contribution is 6.01. The van der Waals surface area contributed by atoms with E-state index in [-0.39, 0.29) is 11.7 Å². The second-order valence-corrected chi connectivity index (χ2v) is 5.36. The highest BCUT2D eigenvalue weighted by atomic mass is 16.2. The molecule has 0 aromatic heterocycles. The summed E-state index contributed by atoms with van der Waals surface area (Å²) in [6, 6.07) is 7.52. The van der Waals surface area contributed by atoms with Crippen molar-refractivity contribution >= 4 is 11.7 Å². The van der Waals surface area contributed by atoms with Crippen LogP contribution in [0.25, 0.3) is 0 Å². The predicted octanol–water partition coefficient (Wildman–Crippen LogP) is 2.58. The van der Waals surface area contributed by atoms with Crippen molar-refractivity contribution in [2.45, 2.75) is 39.2 Å². The number of hydrogen-bond acceptors (Lipinski definition) is 2. The van der Waals surface area contributed by atoms with E-state index in [2.05, 4.69) is 0 Å². The van der Waals surface area contributed by atoms with Crippen LogP contribution >= 0.6 is 0 Å². The minimum absolute atomic E-state index is 0.0360. The second kappa shape index (κ2) is 4.56. The summed E-state index contributed by atoms with van der Waals surface area (Å²) in [4.78, 5) is 26.2. The number of ketones is 1. The summed E-state index contributed by atoms with van der Waals surface area (Å²) in [5, 5.41) is 0. The molecule has 0 aliphatic carbocycles. The van der Waals surface area contributed by atoms with Crippen molar-refractivity contribution in [1.82, 2.24) is 4.90 Å². The highest BCUT2D eigenvalue weighted by Crippen LogP contribution is 2.26. The zero-order valence-electron chi connectivity index (χ0n) is 11.2. The van der Waals surface area contributed by atoms with Gasteiger partial charge < -0.3 is 4.90 Å². The molecule has 0 N–H and O–H groups in total. The first kappa shape index (κ1) is 12.8. The smallest absolute Gasteiger partial charge is 0.254 e. The van der Waals surface area contributed by atoms with E-state index in [0.29, 0.717) is 18.5 Å². The molecule has 3 nitrogen and oxygen atoms in total. The third-order valence-corrected chi connectivity index (χ3v) is 3.76. The van der Waals surface area contributed by atoms with Crippen LogP contribution in [0.15, 0.2) is 24.3 Å². The monoisotopic (exact) mass is 245 g/mol. The molecular formula is C15H19NO2. The molecule has 0 atom stereocenters. The van der Waals surface area contributed by atoms with E-state index in [4.69, 9.17) is 0 Å². The summed E-state index contributed by atoms with van der Waals surface area (Å²) < 4.78 is 0. The first-order valence-electron chi connectivity index (χ1n) is 6.35. The number of aryl methyl sites for hydroxylation is 1. The standard InChI is InChI=1S/C15H19NO2/c1-11-7-4-5-8-12(11)14(18)16-10-6-9-13(17)15(16,2)3/h4-5,7-8H,6,9-10H2,1-3H3. The van der Waals surface area contributed by atoms with E-state index in [1.165, 1.54) is 0 Å². The topological polar surface area (TPSA) is 37.4 Å². The zero-order chi connectivity index (χ0) is 13.3. The van der Waals surface area contributed by atoms with Crippen LogP contribution in [0, 0.1) is 6.92 Å². The van der Waals surface area contributed by atoms with Crippen LogP contribution < -0.4 is 0 Å². The van der Waals surface area contributed by atoms with Gasteiger partial charge in [0, 0.05) is 18.5 Å². The zero-order valence-corrected chi connectivity index (χ0v) is 11.2. The molecule has 0 unspecified atom stereocenters. The van der Waals surface area contributed by atoms with Crippen LogP contribution in [0.4, 0.5) is 0 Å². The quantitative estimate of drug-likeness (QED) is 0.762. The molecule has 0 saturated carbocycles. The SMILES string of the molecule is Cc1ccccc1C(=O)N1CCCC(=O)C1(C)C. The number of piperidine rings is 1. The Labute approximate surface area is 108 Å². The van der Waals surface area contributed by atoms with Crippen molar-refractivity contribution in [3.05, 3.63) is 35.4 Å². The molecule has 0 spiro atoms. The second-order valence-electron chi connectivity index (χ2n) is 5.36. The number of rotatable bonds is 1. The molecule has 1 aromatic rings. The lowest BCUT2D eigenvalue weighted by Crippen LogP contribution is -2.56. The molecule has 1 aliphatic rings. The molecule has 1 amide bonds. The van der Waals surface area contributed by atoms with Crippen molar-refractivity contribution in [1.29, 1.82) is 0 Å². The van der Waals surface area contributed by atoms with Crippen LogP contribution in [-0.2, 0) is 4.79 Å². The fourth-order valence-corrected chi connectivity index (χ4v) is 2.45. The van der Waals surface area contributed by atoms with Crippen LogP contribution in [0.5, 0.6) is 0 Å². The molecule has 1 aromatic carbocycles. The predicted molar refractivity (Wildman–Crippen MR) is 70.5 cm³/mol. The summed E-state index contributed by atoms with van der Waals surface area (Å²) in [5.41, 5.74) is 0.967. The van der Waals surface area contributed by atoms with Gasteiger partial charge in [0.1, 0.15) is 0 Å². The molecule has 0 bridgehead atoms. The van der Waals surface area contributed by atoms with Gasteiger partial charge in [-0.25, -0.2) is 0 Å². The van der Waals surface area contributed by atoms with Crippen molar-refractivity contribution in [2.24, 2.45) is 0 Å². The first-order chi connectivity index (χ1) is 8.44. The Morgan fingerprint density at radius 2 is 1.94 bits per heavy atom. The van der Waals surface area contributed by atoms with Gasteiger partial charge in [-0.1, -0.05) is 18.2 Å². The Morgan fingerprint density at radius 3 is 2.61 bits per heavy atom. The van der Waals surface area contributed by atoms with Crippen molar-refractivity contribution < 1.29 is 9.59 Å². The van der Waals surface area contributed by atoms with E-state index < -0.39 is 5.54 Å². The van der Waals surface area contributed by atoms with Gasteiger partial charge in [-0.2, -0.15) is 0 Å². The molecule has 1 aliphatic heterocycles. The number of Topliss-reactive ketones (excluding diaryl/α,β-unsaturated/α-hetero) is 1. The average Bonchev–Trinajstić information content (AvgIpc) is 2.32. The third kappa shape index (κ3) is 2.05. The summed E-state index contributed by atoms with van der Waals surface area (Å²) >= 11 is 0. The third-order valence-electron chi connectivity index (χ3n) is 3.76. The van der Waals surface area contributed by atoms with E-state index in [0.717, 1.165) is 12.0 Å². The molecule has 3 heteroatoms. The Balaban J connectivity index is 2.34. The molecule has 1 saturated heterocycles. The minimum atomic E-state index is -0.683. The number of benzene rings is 1. The largest absolute Gasteiger partial charge is 0.326 e. The highest BCUT2D eigenvalue weighted by Gasteiger charge is 2.40. The minimum Gasteiger partial charge on any atom is -0.326 e. The molecular weight excluding hydrogens is 226 g/mol. The molecule has 1 fully saturated rings. The van der Waals surface area contributed by atoms with Gasteiger partial charge in [-0.3, -0.25) is 9.59 Å². The van der Waals surface area contributed by atoms with E-state index in [9.17, 15) is 9.59 Å². The fourth-order valence-electron chi connectivity index (χ4n) is 2.45. The fraction of sp³-hybridized carbons (Fsp3) is 0.467. The normalized spacial score (nSPS) is 18.8. The van der Waals surface area contributed by atoms with Crippen LogP contribution in [0.3, 0.4) is 0 Å². The summed E-state index contributed by atoms with van der Waals surface area (Å²) in [6.45, 7) is 6.26. The summed E-state index contributed by atoms with van der Waals surface area (Å²) in [6.07, 6.45) is 1.34. The molecule has 0 radical (unpaired) electrons. The number of carbonyl (C=O) groups is 2. The van der Waals surface area contributed by atoms with E-state index in [1.807, 2.05) is 45.0 Å². The maximum atomic E-state index is 12.6. The molecule has 2 rings (SSSR count). The first-order valence-corrected chi connectivity index (χ1v) is 6.35. The van der Waals surface area contributed by atoms with Crippen LogP contribution in [-0.4, -0.2) is 28.7 Å². The Kier molecular flexibility index (Phi) is 3.24. The van der Waals surface area contributed by atoms with Gasteiger partial charge in [0.25, 0.3) is 5.91 Å². The van der Waals surface area contributed by atoms with Gasteiger partial charge in [-0.15, -0.1) is 0 Å². The van der Waals surface area contributed by atoms with Gasteiger partial charge in [0.15, 0.2) is 5.78 Å². The Bertz CT molecular complexity index is 491. The lowest BCUT2D eigenvalue weighted by molar-refractivity contribution is -0.130. The number of hydrogen-bond donors (Lipinski definition) is 0. The molecule has 96 valence electrons. The molecule has 18 heavy (non-hydrogen) atoms. The van der Waals surface area contributed by atoms with Crippen LogP contribution in [0.2, 0.25) is 0 Å². The van der Waals surface area contributed by atoms with Crippen LogP contribution in [0.1, 0.15) is 42.6 Å². The maximum absolute atomic E-state index is 12.6. The number of nitrogens with zero attached hydrogens (tertiary/aromatic N) is 1. The van der Waals surface area contributed by atoms with Gasteiger partial charge in [-0.05, 0) is 38.8 Å². The number of carbonyl (C=O) groups excluding carboxylic acids is 2. The lowest BCUT2D eigenvalue weighted by atomic mass is 9.88. The van der Waals surface area contributed by atoms with Crippen molar-refractivity contribution in [3.8, 4) is 0 Å². The average molecular weight is 245 g/mol. The van der Waals surface area contributed by atoms with Gasteiger partial charge >= 0.3 is 0 Å². The number of likely N-dealkylation sites (tertiary alicyclic amines) is 1. The van der Waals surface area contributed by atoms with Gasteiger partial charge in [0.05, 0.1) is 5.54 Å². The summed E-state index contributed by atoms with van der Waals surface area (Å²) in [7, 11) is 0.